The minimum absolute atomic E-state index is 0.260. The highest BCUT2D eigenvalue weighted by Gasteiger charge is 2.25. The Bertz CT molecular complexity index is 661. The van der Waals surface area contributed by atoms with Crippen molar-refractivity contribution in [2.45, 2.75) is 19.1 Å². The molecule has 0 aliphatic carbocycles. The van der Waals surface area contributed by atoms with Crippen molar-refractivity contribution in [3.8, 4) is 0 Å². The molecule has 2 aromatic rings. The summed E-state index contributed by atoms with van der Waals surface area (Å²) in [7, 11) is 1.64. The third kappa shape index (κ3) is 3.61. The molecule has 2 aromatic carbocycles. The van der Waals surface area contributed by atoms with Gasteiger partial charge in [0.2, 0.25) is 0 Å². The molecule has 1 amide bonds. The van der Waals surface area contributed by atoms with Crippen LogP contribution >= 0.6 is 23.2 Å². The number of rotatable bonds is 4. The molecule has 0 bridgehead atoms. The fourth-order valence-electron chi connectivity index (χ4n) is 2.18. The van der Waals surface area contributed by atoms with Crippen molar-refractivity contribution in [1.82, 2.24) is 4.90 Å². The van der Waals surface area contributed by atoms with Crippen LogP contribution in [0.4, 0.5) is 0 Å². The monoisotopic (exact) mass is 337 g/mol. The van der Waals surface area contributed by atoms with Crippen LogP contribution in [0.2, 0.25) is 10.0 Å². The lowest BCUT2D eigenvalue weighted by molar-refractivity contribution is 0.0487. The van der Waals surface area contributed by atoms with Gasteiger partial charge in [-0.15, -0.1) is 0 Å². The van der Waals surface area contributed by atoms with E-state index in [0.29, 0.717) is 15.6 Å². The quantitative estimate of drug-likeness (QED) is 0.908. The lowest BCUT2D eigenvalue weighted by Crippen LogP contribution is -2.39. The first kappa shape index (κ1) is 16.8. The maximum atomic E-state index is 12.5. The Hall–Kier alpha value is -1.55. The number of likely N-dealkylation sites (N-methyl/N-ethyl adjacent to an activating group) is 1. The lowest BCUT2D eigenvalue weighted by Gasteiger charge is -2.29. The van der Waals surface area contributed by atoms with Crippen LogP contribution in [-0.4, -0.2) is 29.0 Å². The standard InChI is InChI=1S/C17H17Cl2NO2/c1-11(16(21)12-6-4-3-5-7-12)20(2)17(22)14-9-8-13(18)10-15(14)19/h3-11,16,21H,1-2H3. The third-order valence-electron chi connectivity index (χ3n) is 3.69. The third-order valence-corrected chi connectivity index (χ3v) is 4.24. The average Bonchev–Trinajstić information content (AvgIpc) is 2.53. The number of amides is 1. The number of carbonyl (C=O) groups excluding carboxylic acids is 1. The number of aliphatic hydroxyl groups is 1. The predicted molar refractivity (Wildman–Crippen MR) is 89.4 cm³/mol. The van der Waals surface area contributed by atoms with Crippen LogP contribution in [0, 0.1) is 0 Å². The van der Waals surface area contributed by atoms with Gasteiger partial charge in [-0.25, -0.2) is 0 Å². The maximum Gasteiger partial charge on any atom is 0.255 e. The van der Waals surface area contributed by atoms with E-state index in [-0.39, 0.29) is 5.91 Å². The van der Waals surface area contributed by atoms with Gasteiger partial charge in [-0.1, -0.05) is 53.5 Å². The summed E-state index contributed by atoms with van der Waals surface area (Å²) in [6.45, 7) is 1.79. The van der Waals surface area contributed by atoms with Gasteiger partial charge in [-0.2, -0.15) is 0 Å². The number of hydrogen-bond donors (Lipinski definition) is 1. The van der Waals surface area contributed by atoms with Gasteiger partial charge in [0.05, 0.1) is 22.7 Å². The molecule has 2 unspecified atom stereocenters. The summed E-state index contributed by atoms with van der Waals surface area (Å²) >= 11 is 11.9. The molecule has 5 heteroatoms. The normalized spacial score (nSPS) is 13.5. The summed E-state index contributed by atoms with van der Waals surface area (Å²) in [5.41, 5.74) is 1.12. The zero-order chi connectivity index (χ0) is 16.3. The molecule has 22 heavy (non-hydrogen) atoms. The summed E-state index contributed by atoms with van der Waals surface area (Å²) in [5.74, 6) is -0.260. The molecule has 0 spiro atoms. The minimum atomic E-state index is -0.777. The van der Waals surface area contributed by atoms with E-state index < -0.39 is 12.1 Å². The van der Waals surface area contributed by atoms with E-state index in [2.05, 4.69) is 0 Å². The number of nitrogens with zero attached hydrogens (tertiary/aromatic N) is 1. The van der Waals surface area contributed by atoms with Crippen LogP contribution in [0.1, 0.15) is 28.9 Å². The molecule has 0 saturated carbocycles. The zero-order valence-electron chi connectivity index (χ0n) is 12.3. The molecule has 1 N–H and O–H groups in total. The van der Waals surface area contributed by atoms with E-state index in [4.69, 9.17) is 23.2 Å². The molecular formula is C17H17Cl2NO2. The summed E-state index contributed by atoms with van der Waals surface area (Å²) in [4.78, 5) is 14.0. The highest BCUT2D eigenvalue weighted by Crippen LogP contribution is 2.25. The van der Waals surface area contributed by atoms with Crippen LogP contribution in [0.5, 0.6) is 0 Å². The maximum absolute atomic E-state index is 12.5. The van der Waals surface area contributed by atoms with Crippen LogP contribution in [-0.2, 0) is 0 Å². The summed E-state index contributed by atoms with van der Waals surface area (Å²) in [6, 6.07) is 13.6. The van der Waals surface area contributed by atoms with Gasteiger partial charge >= 0.3 is 0 Å². The fraction of sp³-hybridized carbons (Fsp3) is 0.235. The van der Waals surface area contributed by atoms with Gasteiger partial charge in [0.1, 0.15) is 0 Å². The molecule has 0 radical (unpaired) electrons. The second-order valence-corrected chi connectivity index (χ2v) is 5.98. The first-order valence-corrected chi connectivity index (χ1v) is 7.62. The highest BCUT2D eigenvalue weighted by molar-refractivity contribution is 6.36. The van der Waals surface area contributed by atoms with Crippen molar-refractivity contribution in [2.24, 2.45) is 0 Å². The lowest BCUT2D eigenvalue weighted by atomic mass is 10.0. The van der Waals surface area contributed by atoms with Crippen LogP contribution in [0.25, 0.3) is 0 Å². The van der Waals surface area contributed by atoms with E-state index in [1.807, 2.05) is 30.3 Å². The molecule has 0 fully saturated rings. The largest absolute Gasteiger partial charge is 0.386 e. The van der Waals surface area contributed by atoms with Crippen molar-refractivity contribution < 1.29 is 9.90 Å². The van der Waals surface area contributed by atoms with Crippen molar-refractivity contribution in [2.75, 3.05) is 7.05 Å². The van der Waals surface area contributed by atoms with Gasteiger partial charge < -0.3 is 10.0 Å². The average molecular weight is 338 g/mol. The van der Waals surface area contributed by atoms with E-state index in [1.54, 1.807) is 26.1 Å². The number of carbonyl (C=O) groups is 1. The van der Waals surface area contributed by atoms with E-state index in [9.17, 15) is 9.90 Å². The Morgan fingerprint density at radius 2 is 1.77 bits per heavy atom. The van der Waals surface area contributed by atoms with Crippen molar-refractivity contribution in [3.05, 3.63) is 69.7 Å². The van der Waals surface area contributed by atoms with E-state index >= 15 is 0 Å². The van der Waals surface area contributed by atoms with Crippen molar-refractivity contribution in [1.29, 1.82) is 0 Å². The number of halogens is 2. The molecule has 0 aliphatic rings. The molecule has 0 saturated heterocycles. The van der Waals surface area contributed by atoms with Crippen molar-refractivity contribution >= 4 is 29.1 Å². The predicted octanol–water partition coefficient (Wildman–Crippen LogP) is 4.19. The van der Waals surface area contributed by atoms with Crippen molar-refractivity contribution in [3.63, 3.8) is 0 Å². The topological polar surface area (TPSA) is 40.5 Å². The minimum Gasteiger partial charge on any atom is -0.386 e. The van der Waals surface area contributed by atoms with Gasteiger partial charge in [-0.3, -0.25) is 4.79 Å². The second kappa shape index (κ2) is 7.14. The Balaban J connectivity index is 2.19. The zero-order valence-corrected chi connectivity index (χ0v) is 13.8. The summed E-state index contributed by atoms with van der Waals surface area (Å²) < 4.78 is 0. The van der Waals surface area contributed by atoms with Gasteiger partial charge in [0.15, 0.2) is 0 Å². The fourth-order valence-corrected chi connectivity index (χ4v) is 2.67. The Kier molecular flexibility index (Phi) is 5.46. The van der Waals surface area contributed by atoms with E-state index in [0.717, 1.165) is 5.56 Å². The molecule has 0 heterocycles. The van der Waals surface area contributed by atoms with Gasteiger partial charge in [-0.05, 0) is 30.7 Å². The number of benzene rings is 2. The van der Waals surface area contributed by atoms with Crippen LogP contribution in [0.3, 0.4) is 0 Å². The summed E-state index contributed by atoms with van der Waals surface area (Å²) in [6.07, 6.45) is -0.777. The Morgan fingerprint density at radius 1 is 1.14 bits per heavy atom. The van der Waals surface area contributed by atoms with Gasteiger partial charge in [0, 0.05) is 12.1 Å². The highest BCUT2D eigenvalue weighted by atomic mass is 35.5. The van der Waals surface area contributed by atoms with E-state index in [1.165, 1.54) is 11.0 Å². The molecule has 116 valence electrons. The first-order chi connectivity index (χ1) is 10.4. The van der Waals surface area contributed by atoms with Crippen LogP contribution < -0.4 is 0 Å². The summed E-state index contributed by atoms with van der Waals surface area (Å²) in [5, 5.41) is 11.2. The first-order valence-electron chi connectivity index (χ1n) is 6.87. The molecular weight excluding hydrogens is 321 g/mol. The molecule has 3 nitrogen and oxygen atoms in total. The Morgan fingerprint density at radius 3 is 2.36 bits per heavy atom. The van der Waals surface area contributed by atoms with Gasteiger partial charge in [0.25, 0.3) is 5.91 Å². The van der Waals surface area contributed by atoms with Crippen LogP contribution in [0.15, 0.2) is 48.5 Å². The molecule has 2 atom stereocenters. The molecule has 2 rings (SSSR count). The Labute approximate surface area is 140 Å². The smallest absolute Gasteiger partial charge is 0.255 e. The number of hydrogen-bond acceptors (Lipinski definition) is 2. The SMILES string of the molecule is CC(C(O)c1ccccc1)N(C)C(=O)c1ccc(Cl)cc1Cl. The number of aliphatic hydroxyl groups excluding tert-OH is 1. The molecule has 0 aliphatic heterocycles. The second-order valence-electron chi connectivity index (χ2n) is 5.14. The molecule has 0 aromatic heterocycles.